The Kier molecular flexibility index (Phi) is 6.77. The van der Waals surface area contributed by atoms with Gasteiger partial charge in [-0.2, -0.15) is 11.8 Å². The number of carbonyl (C=O) groups excluding carboxylic acids is 1. The van der Waals surface area contributed by atoms with Crippen molar-refractivity contribution in [1.82, 2.24) is 4.90 Å². The van der Waals surface area contributed by atoms with Crippen molar-refractivity contribution in [1.29, 1.82) is 0 Å². The molecule has 1 aromatic rings. The van der Waals surface area contributed by atoms with Crippen LogP contribution in [0.3, 0.4) is 0 Å². The Morgan fingerprint density at radius 1 is 1.20 bits per heavy atom. The molecule has 0 aliphatic carbocycles. The van der Waals surface area contributed by atoms with Gasteiger partial charge in [0.1, 0.15) is 0 Å². The van der Waals surface area contributed by atoms with Gasteiger partial charge < -0.3 is 0 Å². The van der Waals surface area contributed by atoms with Crippen LogP contribution in [-0.4, -0.2) is 42.3 Å². The second-order valence-electron chi connectivity index (χ2n) is 5.72. The molecule has 0 radical (unpaired) electrons. The fourth-order valence-electron chi connectivity index (χ4n) is 2.24. The Morgan fingerprint density at radius 3 is 2.40 bits per heavy atom. The maximum atomic E-state index is 12.5. The van der Waals surface area contributed by atoms with E-state index in [4.69, 9.17) is 0 Å². The predicted octanol–water partition coefficient (Wildman–Crippen LogP) is 3.87. The van der Waals surface area contributed by atoms with E-state index in [-0.39, 0.29) is 5.78 Å². The van der Waals surface area contributed by atoms with Crippen LogP contribution in [0.2, 0.25) is 0 Å². The van der Waals surface area contributed by atoms with Crippen molar-refractivity contribution in [3.63, 3.8) is 0 Å². The minimum Gasteiger partial charge on any atom is -0.296 e. The van der Waals surface area contributed by atoms with Crippen LogP contribution in [0.25, 0.3) is 0 Å². The minimum absolute atomic E-state index is 0.226. The molecule has 20 heavy (non-hydrogen) atoms. The lowest BCUT2D eigenvalue weighted by molar-refractivity contribution is 0.0923. The number of thioether (sulfide) groups is 1. The molecule has 1 atom stereocenters. The van der Waals surface area contributed by atoms with E-state index in [2.05, 4.69) is 38.0 Å². The highest BCUT2D eigenvalue weighted by Crippen LogP contribution is 2.17. The average Bonchev–Trinajstić information content (AvgIpc) is 2.39. The van der Waals surface area contributed by atoms with Gasteiger partial charge in [0.2, 0.25) is 0 Å². The second-order valence-corrected chi connectivity index (χ2v) is 6.71. The second kappa shape index (κ2) is 7.84. The molecule has 0 aliphatic rings. The number of likely N-dealkylation sites (N-methyl/N-ethyl adjacent to an activating group) is 1. The molecule has 0 bridgehead atoms. The van der Waals surface area contributed by atoms with Crippen molar-refractivity contribution >= 4 is 17.5 Å². The SMILES string of the molecule is CSCCC(C)N(C)CC(=O)c1cc(C)c(C)cc1C. The van der Waals surface area contributed by atoms with Gasteiger partial charge in [-0.3, -0.25) is 9.69 Å². The van der Waals surface area contributed by atoms with E-state index in [0.717, 1.165) is 23.3 Å². The minimum atomic E-state index is 0.226. The van der Waals surface area contributed by atoms with Crippen LogP contribution in [0.5, 0.6) is 0 Å². The van der Waals surface area contributed by atoms with Gasteiger partial charge in [0.25, 0.3) is 0 Å². The molecule has 1 rings (SSSR count). The molecule has 0 saturated heterocycles. The third-order valence-electron chi connectivity index (χ3n) is 4.03. The van der Waals surface area contributed by atoms with Gasteiger partial charge in [0.15, 0.2) is 5.78 Å². The molecule has 0 saturated carbocycles. The summed E-state index contributed by atoms with van der Waals surface area (Å²) in [6.07, 6.45) is 3.24. The number of hydrogen-bond acceptors (Lipinski definition) is 3. The van der Waals surface area contributed by atoms with E-state index in [1.165, 1.54) is 11.1 Å². The zero-order chi connectivity index (χ0) is 15.3. The van der Waals surface area contributed by atoms with Gasteiger partial charge in [-0.25, -0.2) is 0 Å². The summed E-state index contributed by atoms with van der Waals surface area (Å²) in [4.78, 5) is 14.6. The molecule has 112 valence electrons. The predicted molar refractivity (Wildman–Crippen MR) is 90.1 cm³/mol. The van der Waals surface area contributed by atoms with E-state index in [9.17, 15) is 4.79 Å². The number of hydrogen-bond donors (Lipinski definition) is 0. The van der Waals surface area contributed by atoms with E-state index < -0.39 is 0 Å². The highest BCUT2D eigenvalue weighted by Gasteiger charge is 2.16. The summed E-state index contributed by atoms with van der Waals surface area (Å²) in [5.41, 5.74) is 4.40. The lowest BCUT2D eigenvalue weighted by atomic mass is 9.98. The van der Waals surface area contributed by atoms with Gasteiger partial charge in [-0.05, 0) is 75.9 Å². The van der Waals surface area contributed by atoms with E-state index in [0.29, 0.717) is 12.6 Å². The summed E-state index contributed by atoms with van der Waals surface area (Å²) in [5.74, 6) is 1.37. The van der Waals surface area contributed by atoms with Gasteiger partial charge in [-0.15, -0.1) is 0 Å². The zero-order valence-corrected chi connectivity index (χ0v) is 14.4. The third kappa shape index (κ3) is 4.64. The van der Waals surface area contributed by atoms with Crippen LogP contribution in [0.1, 0.15) is 40.4 Å². The van der Waals surface area contributed by atoms with Crippen LogP contribution >= 0.6 is 11.8 Å². The van der Waals surface area contributed by atoms with Crippen molar-refractivity contribution in [2.75, 3.05) is 25.6 Å². The first kappa shape index (κ1) is 17.3. The van der Waals surface area contributed by atoms with E-state index >= 15 is 0 Å². The molecule has 0 aromatic heterocycles. The summed E-state index contributed by atoms with van der Waals surface area (Å²) < 4.78 is 0. The molecule has 0 spiro atoms. The first-order chi connectivity index (χ1) is 9.36. The first-order valence-corrected chi connectivity index (χ1v) is 8.56. The molecule has 3 heteroatoms. The molecule has 0 fully saturated rings. The summed E-state index contributed by atoms with van der Waals surface area (Å²) in [6.45, 7) is 8.87. The van der Waals surface area contributed by atoms with Crippen molar-refractivity contribution in [2.45, 2.75) is 40.2 Å². The molecule has 2 nitrogen and oxygen atoms in total. The Morgan fingerprint density at radius 2 is 1.80 bits per heavy atom. The Hall–Kier alpha value is -0.800. The lowest BCUT2D eigenvalue weighted by Gasteiger charge is -2.24. The zero-order valence-electron chi connectivity index (χ0n) is 13.6. The molecule has 1 aromatic carbocycles. The molecule has 0 heterocycles. The number of Topliss-reactive ketones (excluding diaryl/α,β-unsaturated/α-hetero) is 1. The quantitative estimate of drug-likeness (QED) is 0.712. The fourth-order valence-corrected chi connectivity index (χ4v) is 2.81. The summed E-state index contributed by atoms with van der Waals surface area (Å²) in [5, 5.41) is 0. The van der Waals surface area contributed by atoms with Gasteiger partial charge in [0, 0.05) is 11.6 Å². The maximum absolute atomic E-state index is 12.5. The highest BCUT2D eigenvalue weighted by atomic mass is 32.2. The molecule has 0 amide bonds. The van der Waals surface area contributed by atoms with Gasteiger partial charge in [0.05, 0.1) is 6.54 Å². The Labute approximate surface area is 127 Å². The monoisotopic (exact) mass is 293 g/mol. The topological polar surface area (TPSA) is 20.3 Å². The Bertz CT molecular complexity index is 470. The standard InChI is InChI=1S/C17H27NOS/c1-12-9-14(3)16(10-13(12)2)17(19)11-18(5)15(4)7-8-20-6/h9-10,15H,7-8,11H2,1-6H3. The van der Waals surface area contributed by atoms with Crippen LogP contribution in [0.15, 0.2) is 12.1 Å². The molecule has 0 aliphatic heterocycles. The molecular weight excluding hydrogens is 266 g/mol. The van der Waals surface area contributed by atoms with Crippen molar-refractivity contribution in [3.05, 3.63) is 34.4 Å². The number of ketones is 1. The number of benzene rings is 1. The van der Waals surface area contributed by atoms with E-state index in [1.54, 1.807) is 0 Å². The summed E-state index contributed by atoms with van der Waals surface area (Å²) in [7, 11) is 2.04. The third-order valence-corrected chi connectivity index (χ3v) is 4.67. The Balaban J connectivity index is 2.74. The highest BCUT2D eigenvalue weighted by molar-refractivity contribution is 7.98. The van der Waals surface area contributed by atoms with Crippen LogP contribution in [-0.2, 0) is 0 Å². The van der Waals surface area contributed by atoms with Crippen molar-refractivity contribution in [3.8, 4) is 0 Å². The maximum Gasteiger partial charge on any atom is 0.177 e. The normalized spacial score (nSPS) is 12.8. The van der Waals surface area contributed by atoms with Crippen molar-refractivity contribution in [2.24, 2.45) is 0 Å². The number of nitrogens with zero attached hydrogens (tertiary/aromatic N) is 1. The van der Waals surface area contributed by atoms with Gasteiger partial charge in [-0.1, -0.05) is 6.07 Å². The van der Waals surface area contributed by atoms with Crippen molar-refractivity contribution < 1.29 is 4.79 Å². The molecule has 0 N–H and O–H groups in total. The van der Waals surface area contributed by atoms with E-state index in [1.807, 2.05) is 31.8 Å². The van der Waals surface area contributed by atoms with Gasteiger partial charge >= 0.3 is 0 Å². The first-order valence-electron chi connectivity index (χ1n) is 7.17. The number of carbonyl (C=O) groups is 1. The fraction of sp³-hybridized carbons (Fsp3) is 0.588. The number of aryl methyl sites for hydroxylation is 3. The average molecular weight is 293 g/mol. The van der Waals surface area contributed by atoms with Crippen LogP contribution in [0.4, 0.5) is 0 Å². The molecular formula is C17H27NOS. The largest absolute Gasteiger partial charge is 0.296 e. The summed E-state index contributed by atoms with van der Waals surface area (Å²) in [6, 6.07) is 4.59. The molecule has 1 unspecified atom stereocenters. The number of rotatable bonds is 7. The smallest absolute Gasteiger partial charge is 0.177 e. The van der Waals surface area contributed by atoms with Crippen LogP contribution in [0, 0.1) is 20.8 Å². The summed E-state index contributed by atoms with van der Waals surface area (Å²) >= 11 is 1.86. The van der Waals surface area contributed by atoms with Crippen LogP contribution < -0.4 is 0 Å². The lowest BCUT2D eigenvalue weighted by Crippen LogP contribution is -2.34.